The molecule has 0 saturated carbocycles. The standard InChI is InChI=1S/C3H4O2.Cd/c1-2-3(4)5;/h2H,1H2,(H,4,5);/p-1. The third kappa shape index (κ3) is 8.92. The fourth-order valence-corrected chi connectivity index (χ4v) is 0. The number of hydrogen-bond acceptors (Lipinski definition) is 2. The Hall–Kier alpha value is 0.132. The molecular formula is C3H3CdO2-. The van der Waals surface area contributed by atoms with E-state index in [0.29, 0.717) is 0 Å². The van der Waals surface area contributed by atoms with Gasteiger partial charge in [0.25, 0.3) is 0 Å². The number of aliphatic carboxylic acids is 1. The van der Waals surface area contributed by atoms with Gasteiger partial charge in [-0.3, -0.25) is 0 Å². The van der Waals surface area contributed by atoms with Gasteiger partial charge in [-0.2, -0.15) is 0 Å². The Kier molecular flexibility index (Phi) is 8.09. The third-order valence-corrected chi connectivity index (χ3v) is 0.167. The van der Waals surface area contributed by atoms with E-state index in [1.165, 1.54) is 0 Å². The first-order valence-corrected chi connectivity index (χ1v) is 1.11. The molecule has 0 spiro atoms. The van der Waals surface area contributed by atoms with Crippen LogP contribution >= 0.6 is 0 Å². The summed E-state index contributed by atoms with van der Waals surface area (Å²) in [5.41, 5.74) is 0. The third-order valence-electron chi connectivity index (χ3n) is 0.167. The Morgan fingerprint density at radius 3 is 2.00 bits per heavy atom. The summed E-state index contributed by atoms with van der Waals surface area (Å²) in [5, 5.41) is 9.14. The summed E-state index contributed by atoms with van der Waals surface area (Å²) < 4.78 is 0. The number of rotatable bonds is 1. The van der Waals surface area contributed by atoms with Crippen molar-refractivity contribution in [3.8, 4) is 0 Å². The molecule has 0 aliphatic rings. The molecule has 2 nitrogen and oxygen atoms in total. The van der Waals surface area contributed by atoms with Gasteiger partial charge in [-0.25, -0.2) is 0 Å². The van der Waals surface area contributed by atoms with Crippen LogP contribution in [-0.2, 0) is 32.1 Å². The van der Waals surface area contributed by atoms with Crippen LogP contribution in [0.5, 0.6) is 0 Å². The van der Waals surface area contributed by atoms with Crippen molar-refractivity contribution in [2.24, 2.45) is 0 Å². The van der Waals surface area contributed by atoms with E-state index in [1.807, 2.05) is 0 Å². The van der Waals surface area contributed by atoms with Crippen LogP contribution in [0.4, 0.5) is 0 Å². The van der Waals surface area contributed by atoms with Crippen LogP contribution in [0.2, 0.25) is 0 Å². The van der Waals surface area contributed by atoms with Crippen molar-refractivity contribution in [1.82, 2.24) is 0 Å². The van der Waals surface area contributed by atoms with Gasteiger partial charge in [-0.1, -0.05) is 6.58 Å². The van der Waals surface area contributed by atoms with E-state index in [-0.39, 0.29) is 27.3 Å². The fourth-order valence-electron chi connectivity index (χ4n) is 0. The zero-order chi connectivity index (χ0) is 4.28. The van der Waals surface area contributed by atoms with Gasteiger partial charge in [0.2, 0.25) is 0 Å². The molecule has 0 saturated heterocycles. The predicted molar refractivity (Wildman–Crippen MR) is 15.2 cm³/mol. The molecule has 0 radical (unpaired) electrons. The topological polar surface area (TPSA) is 40.1 Å². The van der Waals surface area contributed by atoms with Gasteiger partial charge in [-0.15, -0.1) is 0 Å². The van der Waals surface area contributed by atoms with Gasteiger partial charge < -0.3 is 9.90 Å². The molecule has 0 amide bonds. The number of carboxylic acids is 1. The number of carbonyl (C=O) groups excluding carboxylic acids is 1. The zero-order valence-corrected chi connectivity index (χ0v) is 7.34. The van der Waals surface area contributed by atoms with E-state index in [4.69, 9.17) is 9.90 Å². The summed E-state index contributed by atoms with van der Waals surface area (Å²) in [4.78, 5) is 9.14. The molecule has 0 aromatic carbocycles. The number of hydrogen-bond donors (Lipinski definition) is 0. The minimum atomic E-state index is -1.23. The second kappa shape index (κ2) is 5.13. The van der Waals surface area contributed by atoms with Crippen molar-refractivity contribution in [1.29, 1.82) is 0 Å². The van der Waals surface area contributed by atoms with E-state index in [9.17, 15) is 0 Å². The van der Waals surface area contributed by atoms with E-state index >= 15 is 0 Å². The Morgan fingerprint density at radius 1 is 1.83 bits per heavy atom. The Balaban J connectivity index is 0. The van der Waals surface area contributed by atoms with Gasteiger partial charge in [-0.05, 0) is 6.08 Å². The molecule has 0 N–H and O–H groups in total. The second-order valence-corrected chi connectivity index (χ2v) is 0.523. The molecule has 3 heteroatoms. The molecule has 0 aromatic heterocycles. The van der Waals surface area contributed by atoms with Crippen molar-refractivity contribution >= 4 is 5.97 Å². The maximum Gasteiger partial charge on any atom is 0.0636 e. The molecule has 0 atom stereocenters. The largest absolute Gasteiger partial charge is 0.545 e. The first-order valence-electron chi connectivity index (χ1n) is 1.11. The van der Waals surface area contributed by atoms with Crippen LogP contribution in [0.3, 0.4) is 0 Å². The molecule has 0 aliphatic carbocycles. The monoisotopic (exact) mass is 185 g/mol. The molecule has 0 aliphatic heterocycles. The quantitative estimate of drug-likeness (QED) is 0.383. The van der Waals surface area contributed by atoms with Crippen LogP contribution in [-0.4, -0.2) is 5.97 Å². The predicted octanol–water partition coefficient (Wildman–Crippen LogP) is -1.08. The van der Waals surface area contributed by atoms with Crippen molar-refractivity contribution in [3.05, 3.63) is 12.7 Å². The van der Waals surface area contributed by atoms with Crippen molar-refractivity contribution in [2.75, 3.05) is 0 Å². The molecule has 0 heterocycles. The van der Waals surface area contributed by atoms with Crippen LogP contribution in [0.1, 0.15) is 0 Å². The van der Waals surface area contributed by atoms with Crippen LogP contribution in [0.15, 0.2) is 12.7 Å². The molecule has 30 valence electrons. The summed E-state index contributed by atoms with van der Waals surface area (Å²) in [6.07, 6.45) is 0.722. The van der Waals surface area contributed by atoms with E-state index < -0.39 is 5.97 Å². The maximum atomic E-state index is 9.14. The fraction of sp³-hybridized carbons (Fsp3) is 0. The van der Waals surface area contributed by atoms with Gasteiger partial charge in [0.15, 0.2) is 0 Å². The molecule has 0 rings (SSSR count). The molecule has 0 aromatic rings. The first-order chi connectivity index (χ1) is 2.27. The summed E-state index contributed by atoms with van der Waals surface area (Å²) in [7, 11) is 0. The maximum absolute atomic E-state index is 9.14. The van der Waals surface area contributed by atoms with Gasteiger partial charge in [0.1, 0.15) is 0 Å². The molecule has 0 unspecified atom stereocenters. The summed E-state index contributed by atoms with van der Waals surface area (Å²) in [6.45, 7) is 2.90. The number of carboxylic acid groups (broad SMARTS) is 1. The average Bonchev–Trinajstić information content (AvgIpc) is 1.38. The van der Waals surface area contributed by atoms with E-state index in [0.717, 1.165) is 6.08 Å². The van der Waals surface area contributed by atoms with Gasteiger partial charge in [0, 0.05) is 27.3 Å². The van der Waals surface area contributed by atoms with Crippen LogP contribution in [0.25, 0.3) is 0 Å². The smallest absolute Gasteiger partial charge is 0.0636 e. The van der Waals surface area contributed by atoms with Crippen molar-refractivity contribution in [2.45, 2.75) is 0 Å². The normalized spacial score (nSPS) is 5.33. The van der Waals surface area contributed by atoms with Crippen LogP contribution in [0, 0.1) is 0 Å². The Morgan fingerprint density at radius 2 is 2.00 bits per heavy atom. The molecule has 0 bridgehead atoms. The van der Waals surface area contributed by atoms with Gasteiger partial charge in [0.05, 0.1) is 5.97 Å². The number of carbonyl (C=O) groups is 1. The van der Waals surface area contributed by atoms with Gasteiger partial charge >= 0.3 is 0 Å². The molecule has 6 heavy (non-hydrogen) atoms. The SMILES string of the molecule is C=CC(=O)[O-].[Cd]. The minimum absolute atomic E-state index is 0. The first kappa shape index (κ1) is 9.46. The Labute approximate surface area is 56.0 Å². The minimum Gasteiger partial charge on any atom is -0.545 e. The van der Waals surface area contributed by atoms with E-state index in [1.54, 1.807) is 0 Å². The summed E-state index contributed by atoms with van der Waals surface area (Å²) in [6, 6.07) is 0. The van der Waals surface area contributed by atoms with Crippen molar-refractivity contribution < 1.29 is 37.2 Å². The summed E-state index contributed by atoms with van der Waals surface area (Å²) >= 11 is 0. The van der Waals surface area contributed by atoms with Crippen molar-refractivity contribution in [3.63, 3.8) is 0 Å². The molecule has 0 fully saturated rings. The van der Waals surface area contributed by atoms with E-state index in [2.05, 4.69) is 6.58 Å². The Bertz CT molecular complexity index is 59.8. The summed E-state index contributed by atoms with van der Waals surface area (Å²) in [5.74, 6) is -1.23. The van der Waals surface area contributed by atoms with Crippen LogP contribution < -0.4 is 5.11 Å². The average molecular weight is 183 g/mol. The zero-order valence-electron chi connectivity index (χ0n) is 3.31. The molecular weight excluding hydrogens is 180 g/mol. The second-order valence-electron chi connectivity index (χ2n) is 0.523.